The minimum atomic E-state index is -0.150. The summed E-state index contributed by atoms with van der Waals surface area (Å²) in [5.74, 6) is 2.76. The first-order chi connectivity index (χ1) is 9.81. The zero-order chi connectivity index (χ0) is 13.5. The maximum Gasteiger partial charge on any atom is 0.410 e. The van der Waals surface area contributed by atoms with Gasteiger partial charge in [-0.05, 0) is 35.7 Å². The van der Waals surface area contributed by atoms with Crippen molar-refractivity contribution >= 4 is 6.09 Å². The molecule has 1 saturated heterocycles. The minimum absolute atomic E-state index is 0.150. The van der Waals surface area contributed by atoms with Gasteiger partial charge in [0.15, 0.2) is 0 Å². The van der Waals surface area contributed by atoms with Crippen molar-refractivity contribution in [3.8, 4) is 0 Å². The molecule has 1 saturated carbocycles. The highest BCUT2D eigenvalue weighted by molar-refractivity contribution is 5.68. The van der Waals surface area contributed by atoms with E-state index in [-0.39, 0.29) is 6.09 Å². The predicted octanol–water partition coefficient (Wildman–Crippen LogP) is 3.08. The van der Waals surface area contributed by atoms with Gasteiger partial charge in [0.25, 0.3) is 0 Å². The number of carbonyl (C=O) groups is 1. The molecule has 3 heteroatoms. The maximum absolute atomic E-state index is 12.2. The third-order valence-corrected chi connectivity index (χ3v) is 5.13. The standard InChI is InChI=1S/C17H19NO2/c19-17(20-11-12-4-2-1-3-5-12)18-9-15-13-6-7-14(8-13)16(15)10-18/h1-7,13-16H,8-11H2/t13-,14+,15-,16+. The van der Waals surface area contributed by atoms with Crippen LogP contribution >= 0.6 is 0 Å². The van der Waals surface area contributed by atoms with Gasteiger partial charge < -0.3 is 9.64 Å². The highest BCUT2D eigenvalue weighted by atomic mass is 16.6. The van der Waals surface area contributed by atoms with E-state index in [1.54, 1.807) is 0 Å². The van der Waals surface area contributed by atoms with Crippen LogP contribution in [-0.4, -0.2) is 24.1 Å². The normalized spacial score (nSPS) is 33.5. The first-order valence-corrected chi connectivity index (χ1v) is 7.45. The average molecular weight is 269 g/mol. The Bertz CT molecular complexity index is 519. The Balaban J connectivity index is 1.35. The van der Waals surface area contributed by atoms with Crippen LogP contribution in [0.15, 0.2) is 42.5 Å². The van der Waals surface area contributed by atoms with Crippen molar-refractivity contribution in [3.05, 3.63) is 48.0 Å². The molecule has 1 aliphatic heterocycles. The Morgan fingerprint density at radius 1 is 1.10 bits per heavy atom. The van der Waals surface area contributed by atoms with Gasteiger partial charge in [0.05, 0.1) is 0 Å². The smallest absolute Gasteiger partial charge is 0.410 e. The molecule has 0 unspecified atom stereocenters. The number of hydrogen-bond donors (Lipinski definition) is 0. The molecule has 1 heterocycles. The lowest BCUT2D eigenvalue weighted by atomic mass is 9.86. The fourth-order valence-corrected chi connectivity index (χ4v) is 4.11. The number of hydrogen-bond acceptors (Lipinski definition) is 2. The van der Waals surface area contributed by atoms with Gasteiger partial charge in [-0.1, -0.05) is 42.5 Å². The van der Waals surface area contributed by atoms with Crippen LogP contribution in [0.2, 0.25) is 0 Å². The first kappa shape index (κ1) is 12.0. The Morgan fingerprint density at radius 3 is 2.40 bits per heavy atom. The summed E-state index contributed by atoms with van der Waals surface area (Å²) in [5, 5.41) is 0. The lowest BCUT2D eigenvalue weighted by Gasteiger charge is -2.18. The molecule has 2 fully saturated rings. The average Bonchev–Trinajstić information content (AvgIpc) is 3.17. The molecule has 4 atom stereocenters. The number of allylic oxidation sites excluding steroid dienone is 2. The first-order valence-electron chi connectivity index (χ1n) is 7.45. The zero-order valence-corrected chi connectivity index (χ0v) is 11.4. The lowest BCUT2D eigenvalue weighted by molar-refractivity contribution is 0.101. The Morgan fingerprint density at radius 2 is 1.75 bits per heavy atom. The van der Waals surface area contributed by atoms with Crippen LogP contribution in [0, 0.1) is 23.7 Å². The van der Waals surface area contributed by atoms with E-state index in [0.717, 1.165) is 18.7 Å². The van der Waals surface area contributed by atoms with Crippen LogP contribution in [0.3, 0.4) is 0 Å². The molecule has 104 valence electrons. The number of ether oxygens (including phenoxy) is 1. The van der Waals surface area contributed by atoms with Crippen LogP contribution in [0.25, 0.3) is 0 Å². The van der Waals surface area contributed by atoms with Crippen molar-refractivity contribution in [3.63, 3.8) is 0 Å². The van der Waals surface area contributed by atoms with E-state index in [4.69, 9.17) is 4.74 Å². The monoisotopic (exact) mass is 269 g/mol. The van der Waals surface area contributed by atoms with Gasteiger partial charge in [-0.15, -0.1) is 0 Å². The molecule has 1 aromatic carbocycles. The molecule has 0 spiro atoms. The highest BCUT2D eigenvalue weighted by Crippen LogP contribution is 2.51. The fourth-order valence-electron chi connectivity index (χ4n) is 4.11. The number of nitrogens with zero attached hydrogens (tertiary/aromatic N) is 1. The molecule has 1 amide bonds. The number of carbonyl (C=O) groups excluding carboxylic acids is 1. The highest BCUT2D eigenvalue weighted by Gasteiger charge is 2.50. The van der Waals surface area contributed by atoms with Crippen molar-refractivity contribution in [2.45, 2.75) is 13.0 Å². The largest absolute Gasteiger partial charge is 0.445 e. The van der Waals surface area contributed by atoms with E-state index in [1.807, 2.05) is 35.2 Å². The second-order valence-electron chi connectivity index (χ2n) is 6.22. The quantitative estimate of drug-likeness (QED) is 0.772. The van der Waals surface area contributed by atoms with Gasteiger partial charge in [-0.25, -0.2) is 4.79 Å². The summed E-state index contributed by atoms with van der Waals surface area (Å²) >= 11 is 0. The fraction of sp³-hybridized carbons (Fsp3) is 0.471. The van der Waals surface area contributed by atoms with Crippen molar-refractivity contribution < 1.29 is 9.53 Å². The molecule has 0 N–H and O–H groups in total. The topological polar surface area (TPSA) is 29.5 Å². The molecule has 2 aliphatic carbocycles. The number of rotatable bonds is 2. The van der Waals surface area contributed by atoms with Crippen molar-refractivity contribution in [2.24, 2.45) is 23.7 Å². The van der Waals surface area contributed by atoms with E-state index in [9.17, 15) is 4.79 Å². The molecular weight excluding hydrogens is 250 g/mol. The molecule has 2 bridgehead atoms. The van der Waals surface area contributed by atoms with E-state index in [2.05, 4.69) is 12.2 Å². The van der Waals surface area contributed by atoms with Crippen LogP contribution in [0.4, 0.5) is 4.79 Å². The molecule has 3 nitrogen and oxygen atoms in total. The number of fused-ring (bicyclic) bond motifs is 5. The maximum atomic E-state index is 12.2. The summed E-state index contributed by atoms with van der Waals surface area (Å²) in [5.41, 5.74) is 1.04. The van der Waals surface area contributed by atoms with Crippen molar-refractivity contribution in [1.82, 2.24) is 4.90 Å². The second-order valence-corrected chi connectivity index (χ2v) is 6.22. The molecule has 1 aromatic rings. The number of likely N-dealkylation sites (tertiary alicyclic amines) is 1. The molecule has 4 rings (SSSR count). The summed E-state index contributed by atoms with van der Waals surface area (Å²) in [7, 11) is 0. The van der Waals surface area contributed by atoms with Crippen molar-refractivity contribution in [2.75, 3.05) is 13.1 Å². The molecule has 0 radical (unpaired) electrons. The Labute approximate surface area is 119 Å². The van der Waals surface area contributed by atoms with Gasteiger partial charge in [0.2, 0.25) is 0 Å². The summed E-state index contributed by atoms with van der Waals surface area (Å²) in [4.78, 5) is 14.1. The van der Waals surface area contributed by atoms with E-state index in [1.165, 1.54) is 6.42 Å². The van der Waals surface area contributed by atoms with E-state index < -0.39 is 0 Å². The van der Waals surface area contributed by atoms with Gasteiger partial charge in [0.1, 0.15) is 6.61 Å². The minimum Gasteiger partial charge on any atom is -0.445 e. The van der Waals surface area contributed by atoms with E-state index in [0.29, 0.717) is 30.3 Å². The van der Waals surface area contributed by atoms with Crippen LogP contribution in [0.1, 0.15) is 12.0 Å². The van der Waals surface area contributed by atoms with Gasteiger partial charge in [0, 0.05) is 13.1 Å². The van der Waals surface area contributed by atoms with Crippen molar-refractivity contribution in [1.29, 1.82) is 0 Å². The zero-order valence-electron chi connectivity index (χ0n) is 11.4. The van der Waals surface area contributed by atoms with E-state index >= 15 is 0 Å². The SMILES string of the molecule is O=C(OCc1ccccc1)N1C[C@@H]2[C@H](C1)[C@@H]1C=C[C@H]2C1. The Hall–Kier alpha value is -1.77. The number of benzene rings is 1. The summed E-state index contributed by atoms with van der Waals surface area (Å²) in [6, 6.07) is 9.86. The predicted molar refractivity (Wildman–Crippen MR) is 75.9 cm³/mol. The molecule has 0 aromatic heterocycles. The third kappa shape index (κ3) is 1.92. The summed E-state index contributed by atoms with van der Waals surface area (Å²) in [6.07, 6.45) is 5.86. The summed E-state index contributed by atoms with van der Waals surface area (Å²) in [6.45, 7) is 2.13. The molecule has 20 heavy (non-hydrogen) atoms. The summed E-state index contributed by atoms with van der Waals surface area (Å²) < 4.78 is 5.43. The molecular formula is C17H19NO2. The van der Waals surface area contributed by atoms with Gasteiger partial charge in [-0.2, -0.15) is 0 Å². The molecule has 3 aliphatic rings. The third-order valence-electron chi connectivity index (χ3n) is 5.13. The van der Waals surface area contributed by atoms with Crippen LogP contribution in [0.5, 0.6) is 0 Å². The Kier molecular flexibility index (Phi) is 2.79. The van der Waals surface area contributed by atoms with Gasteiger partial charge in [-0.3, -0.25) is 0 Å². The van der Waals surface area contributed by atoms with Crippen LogP contribution < -0.4 is 0 Å². The second kappa shape index (κ2) is 4.65. The van der Waals surface area contributed by atoms with Crippen LogP contribution in [-0.2, 0) is 11.3 Å². The number of amides is 1. The van der Waals surface area contributed by atoms with Gasteiger partial charge >= 0.3 is 6.09 Å². The lowest BCUT2D eigenvalue weighted by Crippen LogP contribution is -2.30.